The van der Waals surface area contributed by atoms with Crippen molar-refractivity contribution in [2.75, 3.05) is 26.7 Å². The van der Waals surface area contributed by atoms with Gasteiger partial charge in [0.15, 0.2) is 0 Å². The number of hydrogen-bond acceptors (Lipinski definition) is 5. The third-order valence-electron chi connectivity index (χ3n) is 4.12. The number of carbonyl (C=O) groups excluding carboxylic acids is 1. The zero-order valence-electron chi connectivity index (χ0n) is 12.6. The first-order valence-electron chi connectivity index (χ1n) is 7.55. The zero-order chi connectivity index (χ0) is 15.4. The Kier molecular flexibility index (Phi) is 4.43. The first-order valence-corrected chi connectivity index (χ1v) is 7.55. The number of amides is 1. The largest absolute Gasteiger partial charge is 0.339 e. The van der Waals surface area contributed by atoms with Crippen molar-refractivity contribution in [3.05, 3.63) is 36.2 Å². The summed E-state index contributed by atoms with van der Waals surface area (Å²) in [6, 6.07) is 7.38. The van der Waals surface area contributed by atoms with Gasteiger partial charge < -0.3 is 10.2 Å². The second-order valence-electron chi connectivity index (χ2n) is 5.59. The van der Waals surface area contributed by atoms with Crippen LogP contribution in [0.5, 0.6) is 0 Å². The lowest BCUT2D eigenvalue weighted by molar-refractivity contribution is 0.0691. The fourth-order valence-electron chi connectivity index (χ4n) is 2.85. The van der Waals surface area contributed by atoms with Crippen LogP contribution in [0.1, 0.15) is 23.2 Å². The van der Waals surface area contributed by atoms with E-state index >= 15 is 0 Å². The number of likely N-dealkylation sites (tertiary alicyclic amines) is 1. The minimum absolute atomic E-state index is 0.103. The molecule has 1 aliphatic heterocycles. The Morgan fingerprint density at radius 3 is 2.59 bits per heavy atom. The molecule has 1 aliphatic rings. The minimum Gasteiger partial charge on any atom is -0.339 e. The Balaban J connectivity index is 1.63. The molecule has 116 valence electrons. The molecule has 2 aromatic rings. The molecule has 0 aliphatic carbocycles. The monoisotopic (exact) mass is 300 g/mol. The van der Waals surface area contributed by atoms with Gasteiger partial charge in [0.1, 0.15) is 6.33 Å². The lowest BCUT2D eigenvalue weighted by Crippen LogP contribution is -2.40. The standard InChI is InChI=1S/C15H20N6O/c1-16-10-12-6-8-20(9-7-12)15(22)13-2-4-14(5-3-13)21-11-17-18-19-21/h2-5,11-12,16H,6-10H2,1H3. The molecule has 2 heterocycles. The summed E-state index contributed by atoms with van der Waals surface area (Å²) in [6.45, 7) is 2.70. The molecular weight excluding hydrogens is 280 g/mol. The number of tetrazole rings is 1. The predicted molar refractivity (Wildman–Crippen MR) is 81.7 cm³/mol. The van der Waals surface area contributed by atoms with Crippen molar-refractivity contribution >= 4 is 5.91 Å². The smallest absolute Gasteiger partial charge is 0.253 e. The van der Waals surface area contributed by atoms with Gasteiger partial charge in [-0.2, -0.15) is 0 Å². The zero-order valence-corrected chi connectivity index (χ0v) is 12.6. The van der Waals surface area contributed by atoms with Crippen LogP contribution in [0.2, 0.25) is 0 Å². The molecule has 0 bridgehead atoms. The second kappa shape index (κ2) is 6.65. The van der Waals surface area contributed by atoms with Gasteiger partial charge in [-0.05, 0) is 67.0 Å². The summed E-state index contributed by atoms with van der Waals surface area (Å²) < 4.78 is 1.57. The molecule has 0 spiro atoms. The second-order valence-corrected chi connectivity index (χ2v) is 5.59. The van der Waals surface area contributed by atoms with Crippen LogP contribution in [0.25, 0.3) is 5.69 Å². The third-order valence-corrected chi connectivity index (χ3v) is 4.12. The van der Waals surface area contributed by atoms with Gasteiger partial charge in [0.25, 0.3) is 5.91 Å². The Hall–Kier alpha value is -2.28. The maximum absolute atomic E-state index is 12.5. The van der Waals surface area contributed by atoms with E-state index in [1.807, 2.05) is 36.2 Å². The van der Waals surface area contributed by atoms with Crippen LogP contribution in [-0.2, 0) is 0 Å². The summed E-state index contributed by atoms with van der Waals surface area (Å²) in [7, 11) is 1.98. The number of hydrogen-bond donors (Lipinski definition) is 1. The van der Waals surface area contributed by atoms with Crippen molar-refractivity contribution in [3.63, 3.8) is 0 Å². The first-order chi connectivity index (χ1) is 10.8. The van der Waals surface area contributed by atoms with Crippen molar-refractivity contribution < 1.29 is 4.79 Å². The van der Waals surface area contributed by atoms with Crippen LogP contribution in [0.4, 0.5) is 0 Å². The van der Waals surface area contributed by atoms with Crippen LogP contribution >= 0.6 is 0 Å². The van der Waals surface area contributed by atoms with Crippen LogP contribution in [0.3, 0.4) is 0 Å². The molecule has 7 heteroatoms. The Labute approximate surface area is 129 Å². The molecule has 0 unspecified atom stereocenters. The third kappa shape index (κ3) is 3.14. The molecule has 1 saturated heterocycles. The molecule has 1 aromatic heterocycles. The summed E-state index contributed by atoms with van der Waals surface area (Å²) in [5, 5.41) is 14.2. The van der Waals surface area contributed by atoms with Crippen molar-refractivity contribution in [1.82, 2.24) is 30.4 Å². The SMILES string of the molecule is CNCC1CCN(C(=O)c2ccc(-n3cnnn3)cc2)CC1. The molecule has 0 atom stereocenters. The molecule has 0 radical (unpaired) electrons. The molecule has 22 heavy (non-hydrogen) atoms. The Morgan fingerprint density at radius 2 is 2.00 bits per heavy atom. The van der Waals surface area contributed by atoms with E-state index < -0.39 is 0 Å². The van der Waals surface area contributed by atoms with Crippen molar-refractivity contribution in [1.29, 1.82) is 0 Å². The number of piperidine rings is 1. The van der Waals surface area contributed by atoms with E-state index in [4.69, 9.17) is 0 Å². The Morgan fingerprint density at radius 1 is 1.27 bits per heavy atom. The normalized spacial score (nSPS) is 16.0. The van der Waals surface area contributed by atoms with Crippen LogP contribution in [0, 0.1) is 5.92 Å². The van der Waals surface area contributed by atoms with E-state index in [-0.39, 0.29) is 5.91 Å². The van der Waals surface area contributed by atoms with E-state index in [0.29, 0.717) is 11.5 Å². The van der Waals surface area contributed by atoms with Crippen LogP contribution in [-0.4, -0.2) is 57.7 Å². The van der Waals surface area contributed by atoms with Crippen molar-refractivity contribution in [2.45, 2.75) is 12.8 Å². The van der Waals surface area contributed by atoms with Crippen molar-refractivity contribution in [2.24, 2.45) is 5.92 Å². The average Bonchev–Trinajstić information content (AvgIpc) is 3.10. The van der Waals surface area contributed by atoms with Gasteiger partial charge in [-0.15, -0.1) is 5.10 Å². The van der Waals surface area contributed by atoms with Gasteiger partial charge in [0.05, 0.1) is 5.69 Å². The minimum atomic E-state index is 0.103. The highest BCUT2D eigenvalue weighted by atomic mass is 16.2. The fourth-order valence-corrected chi connectivity index (χ4v) is 2.85. The van der Waals surface area contributed by atoms with Gasteiger partial charge in [-0.3, -0.25) is 4.79 Å². The van der Waals surface area contributed by atoms with Gasteiger partial charge in [-0.1, -0.05) is 0 Å². The van der Waals surface area contributed by atoms with Gasteiger partial charge in [-0.25, -0.2) is 4.68 Å². The number of nitrogens with zero attached hydrogens (tertiary/aromatic N) is 5. The molecular formula is C15H20N6O. The van der Waals surface area contributed by atoms with E-state index in [0.717, 1.165) is 38.2 Å². The molecule has 7 nitrogen and oxygen atoms in total. The number of carbonyl (C=O) groups is 1. The van der Waals surface area contributed by atoms with E-state index in [1.54, 1.807) is 4.68 Å². The van der Waals surface area contributed by atoms with Crippen LogP contribution < -0.4 is 5.32 Å². The number of nitrogens with one attached hydrogen (secondary N) is 1. The number of aromatic nitrogens is 4. The molecule has 0 saturated carbocycles. The van der Waals surface area contributed by atoms with Gasteiger partial charge in [0, 0.05) is 18.7 Å². The van der Waals surface area contributed by atoms with Gasteiger partial charge >= 0.3 is 0 Å². The first kappa shape index (κ1) is 14.6. The summed E-state index contributed by atoms with van der Waals surface area (Å²) in [6.07, 6.45) is 3.66. The molecule has 1 aromatic carbocycles. The van der Waals surface area contributed by atoms with E-state index in [1.165, 1.54) is 6.33 Å². The molecule has 1 fully saturated rings. The number of rotatable bonds is 4. The highest BCUT2D eigenvalue weighted by Crippen LogP contribution is 2.19. The lowest BCUT2D eigenvalue weighted by Gasteiger charge is -2.32. The fraction of sp³-hybridized carbons (Fsp3) is 0.467. The maximum Gasteiger partial charge on any atom is 0.253 e. The summed E-state index contributed by atoms with van der Waals surface area (Å²) in [4.78, 5) is 14.5. The van der Waals surface area contributed by atoms with E-state index in [2.05, 4.69) is 20.8 Å². The molecule has 1 N–H and O–H groups in total. The van der Waals surface area contributed by atoms with E-state index in [9.17, 15) is 4.79 Å². The van der Waals surface area contributed by atoms with Gasteiger partial charge in [0.2, 0.25) is 0 Å². The predicted octanol–water partition coefficient (Wildman–Crippen LogP) is 0.734. The Bertz CT molecular complexity index is 601. The van der Waals surface area contributed by atoms with Crippen molar-refractivity contribution in [3.8, 4) is 5.69 Å². The highest BCUT2D eigenvalue weighted by molar-refractivity contribution is 5.94. The summed E-state index contributed by atoms with van der Waals surface area (Å²) in [5.41, 5.74) is 1.55. The molecule has 3 rings (SSSR count). The van der Waals surface area contributed by atoms with Crippen LogP contribution in [0.15, 0.2) is 30.6 Å². The maximum atomic E-state index is 12.5. The average molecular weight is 300 g/mol. The quantitative estimate of drug-likeness (QED) is 0.901. The molecule has 1 amide bonds. The topological polar surface area (TPSA) is 75.9 Å². The summed E-state index contributed by atoms with van der Waals surface area (Å²) in [5.74, 6) is 0.780. The summed E-state index contributed by atoms with van der Waals surface area (Å²) >= 11 is 0. The highest BCUT2D eigenvalue weighted by Gasteiger charge is 2.23. The lowest BCUT2D eigenvalue weighted by atomic mass is 9.96. The number of benzene rings is 1.